The Morgan fingerprint density at radius 1 is 0.679 bits per heavy atom. The van der Waals surface area contributed by atoms with E-state index >= 15 is 0 Å². The van der Waals surface area contributed by atoms with Crippen molar-refractivity contribution >= 4 is 29.7 Å². The number of Topliss-reactive ketones (excluding diaryl/α,β-unsaturated/α-hetero) is 1. The molecule has 142 valence electrons. The van der Waals surface area contributed by atoms with Crippen LogP contribution in [-0.4, -0.2) is 17.6 Å². The smallest absolute Gasteiger partial charge is 0.248 e. The van der Waals surface area contributed by atoms with Gasteiger partial charge in [-0.3, -0.25) is 14.4 Å². The van der Waals surface area contributed by atoms with Crippen LogP contribution in [0.2, 0.25) is 0 Å². The number of hydrogen-bond acceptors (Lipinski definition) is 3. The van der Waals surface area contributed by atoms with Gasteiger partial charge in [0.2, 0.25) is 11.8 Å². The lowest BCUT2D eigenvalue weighted by Crippen LogP contribution is -2.10. The van der Waals surface area contributed by atoms with Crippen molar-refractivity contribution in [2.75, 3.05) is 0 Å². The van der Waals surface area contributed by atoms with Crippen molar-refractivity contribution in [1.82, 2.24) is 0 Å². The highest BCUT2D eigenvalue weighted by atomic mass is 16.1. The first kappa shape index (κ1) is 19.3. The van der Waals surface area contributed by atoms with E-state index in [1.807, 2.05) is 12.2 Å². The standard InChI is InChI=1S/C23H22N2O3/c24-22(27)17-9-5-15(6-10-17)13-19-3-1-2-4-20(21(19)26)14-16-7-11-18(12-8-16)23(25)28/h5-14H,1-4H2,(H2,24,27)(H2,25,28)/b19-13-,20-14+. The zero-order valence-electron chi connectivity index (χ0n) is 15.5. The predicted molar refractivity (Wildman–Crippen MR) is 109 cm³/mol. The molecule has 2 amide bonds. The molecule has 2 aromatic carbocycles. The number of primary amides is 2. The molecule has 5 nitrogen and oxygen atoms in total. The molecular formula is C23H22N2O3. The summed E-state index contributed by atoms with van der Waals surface area (Å²) in [5.41, 5.74) is 14.6. The Morgan fingerprint density at radius 2 is 1.04 bits per heavy atom. The molecule has 0 aromatic heterocycles. The van der Waals surface area contributed by atoms with Gasteiger partial charge in [0.1, 0.15) is 0 Å². The van der Waals surface area contributed by atoms with E-state index in [1.54, 1.807) is 48.5 Å². The predicted octanol–water partition coefficient (Wildman–Crippen LogP) is 3.49. The second-order valence-electron chi connectivity index (χ2n) is 6.85. The van der Waals surface area contributed by atoms with Crippen molar-refractivity contribution in [3.8, 4) is 0 Å². The lowest BCUT2D eigenvalue weighted by Gasteiger charge is -2.06. The van der Waals surface area contributed by atoms with E-state index in [-0.39, 0.29) is 5.78 Å². The van der Waals surface area contributed by atoms with Gasteiger partial charge in [0.15, 0.2) is 5.78 Å². The molecule has 0 saturated heterocycles. The molecule has 0 unspecified atom stereocenters. The molecule has 0 atom stereocenters. The Balaban J connectivity index is 1.86. The molecule has 3 rings (SSSR count). The van der Waals surface area contributed by atoms with Gasteiger partial charge in [0, 0.05) is 22.3 Å². The minimum absolute atomic E-state index is 0.0375. The Kier molecular flexibility index (Phi) is 5.84. The number of carbonyl (C=O) groups excluding carboxylic acids is 3. The number of amides is 2. The van der Waals surface area contributed by atoms with Crippen LogP contribution in [-0.2, 0) is 4.79 Å². The number of rotatable bonds is 4. The number of allylic oxidation sites excluding steroid dienone is 2. The van der Waals surface area contributed by atoms with Crippen molar-refractivity contribution in [3.05, 3.63) is 81.9 Å². The molecular weight excluding hydrogens is 352 g/mol. The lowest BCUT2D eigenvalue weighted by molar-refractivity contribution is -0.112. The third kappa shape index (κ3) is 4.62. The van der Waals surface area contributed by atoms with E-state index in [0.717, 1.165) is 35.1 Å². The molecule has 0 bridgehead atoms. The summed E-state index contributed by atoms with van der Waals surface area (Å²) in [6.07, 6.45) is 7.07. The SMILES string of the molecule is NC(=O)c1ccc(/C=C2/CCCC/C(=C\c3ccc(C(N)=O)cc3)C2=O)cc1. The highest BCUT2D eigenvalue weighted by molar-refractivity contribution is 6.13. The van der Waals surface area contributed by atoms with E-state index in [9.17, 15) is 14.4 Å². The van der Waals surface area contributed by atoms with Gasteiger partial charge in [-0.25, -0.2) is 0 Å². The summed E-state index contributed by atoms with van der Waals surface area (Å²) in [5, 5.41) is 0. The van der Waals surface area contributed by atoms with Crippen LogP contribution in [0.25, 0.3) is 12.2 Å². The largest absolute Gasteiger partial charge is 0.366 e. The molecule has 1 fully saturated rings. The quantitative estimate of drug-likeness (QED) is 0.632. The van der Waals surface area contributed by atoms with Crippen LogP contribution in [0.15, 0.2) is 59.7 Å². The van der Waals surface area contributed by atoms with Gasteiger partial charge >= 0.3 is 0 Å². The van der Waals surface area contributed by atoms with E-state index in [4.69, 9.17) is 11.5 Å². The normalized spacial score (nSPS) is 17.5. The summed E-state index contributed by atoms with van der Waals surface area (Å²) in [7, 11) is 0. The Hall–Kier alpha value is -3.47. The van der Waals surface area contributed by atoms with Gasteiger partial charge in [-0.1, -0.05) is 24.3 Å². The van der Waals surface area contributed by atoms with Gasteiger partial charge in [-0.15, -0.1) is 0 Å². The first-order chi connectivity index (χ1) is 13.4. The second-order valence-corrected chi connectivity index (χ2v) is 6.85. The summed E-state index contributed by atoms with van der Waals surface area (Å²) < 4.78 is 0. The summed E-state index contributed by atoms with van der Waals surface area (Å²) >= 11 is 0. The summed E-state index contributed by atoms with van der Waals surface area (Å²) in [4.78, 5) is 35.4. The van der Waals surface area contributed by atoms with Crippen LogP contribution in [0.1, 0.15) is 57.5 Å². The maximum absolute atomic E-state index is 13.0. The minimum Gasteiger partial charge on any atom is -0.366 e. The average Bonchev–Trinajstić information content (AvgIpc) is 2.85. The molecule has 1 saturated carbocycles. The van der Waals surface area contributed by atoms with Crippen molar-refractivity contribution < 1.29 is 14.4 Å². The monoisotopic (exact) mass is 374 g/mol. The number of hydrogen-bond donors (Lipinski definition) is 2. The summed E-state index contributed by atoms with van der Waals surface area (Å²) in [5.74, 6) is -0.912. The van der Waals surface area contributed by atoms with E-state index in [1.165, 1.54) is 0 Å². The zero-order chi connectivity index (χ0) is 20.1. The van der Waals surface area contributed by atoms with E-state index in [2.05, 4.69) is 0 Å². The van der Waals surface area contributed by atoms with Gasteiger partial charge < -0.3 is 11.5 Å². The van der Waals surface area contributed by atoms with Gasteiger partial charge in [0.25, 0.3) is 0 Å². The fraction of sp³-hybridized carbons (Fsp3) is 0.174. The van der Waals surface area contributed by atoms with Crippen molar-refractivity contribution in [2.24, 2.45) is 11.5 Å². The fourth-order valence-corrected chi connectivity index (χ4v) is 3.23. The number of benzene rings is 2. The lowest BCUT2D eigenvalue weighted by atomic mass is 9.97. The molecule has 0 aliphatic heterocycles. The van der Waals surface area contributed by atoms with Crippen LogP contribution in [0.5, 0.6) is 0 Å². The van der Waals surface area contributed by atoms with E-state index in [0.29, 0.717) is 24.0 Å². The van der Waals surface area contributed by atoms with E-state index < -0.39 is 11.8 Å². The molecule has 5 heteroatoms. The van der Waals surface area contributed by atoms with Gasteiger partial charge in [-0.2, -0.15) is 0 Å². The van der Waals surface area contributed by atoms with Crippen LogP contribution in [0, 0.1) is 0 Å². The highest BCUT2D eigenvalue weighted by Gasteiger charge is 2.19. The van der Waals surface area contributed by atoms with Crippen LogP contribution in [0.4, 0.5) is 0 Å². The van der Waals surface area contributed by atoms with Crippen LogP contribution < -0.4 is 11.5 Å². The van der Waals surface area contributed by atoms with Gasteiger partial charge in [-0.05, 0) is 73.2 Å². The third-order valence-corrected chi connectivity index (χ3v) is 4.80. The first-order valence-corrected chi connectivity index (χ1v) is 9.19. The maximum Gasteiger partial charge on any atom is 0.248 e. The van der Waals surface area contributed by atoms with Crippen LogP contribution in [0.3, 0.4) is 0 Å². The molecule has 1 aliphatic rings. The zero-order valence-corrected chi connectivity index (χ0v) is 15.5. The number of carbonyl (C=O) groups is 3. The Labute approximate surface area is 163 Å². The Morgan fingerprint density at radius 3 is 1.36 bits per heavy atom. The second kappa shape index (κ2) is 8.48. The Bertz CT molecular complexity index is 888. The molecule has 2 aromatic rings. The average molecular weight is 374 g/mol. The fourth-order valence-electron chi connectivity index (χ4n) is 3.23. The highest BCUT2D eigenvalue weighted by Crippen LogP contribution is 2.27. The van der Waals surface area contributed by atoms with Crippen molar-refractivity contribution in [3.63, 3.8) is 0 Å². The molecule has 0 radical (unpaired) electrons. The van der Waals surface area contributed by atoms with Gasteiger partial charge in [0.05, 0.1) is 0 Å². The molecule has 0 heterocycles. The molecule has 4 N–H and O–H groups in total. The molecule has 0 spiro atoms. The van der Waals surface area contributed by atoms with Crippen molar-refractivity contribution in [1.29, 1.82) is 0 Å². The third-order valence-electron chi connectivity index (χ3n) is 4.80. The molecule has 1 aliphatic carbocycles. The first-order valence-electron chi connectivity index (χ1n) is 9.19. The minimum atomic E-state index is -0.475. The maximum atomic E-state index is 13.0. The molecule has 28 heavy (non-hydrogen) atoms. The van der Waals surface area contributed by atoms with Crippen molar-refractivity contribution in [2.45, 2.75) is 25.7 Å². The topological polar surface area (TPSA) is 103 Å². The number of ketones is 1. The van der Waals surface area contributed by atoms with Crippen LogP contribution >= 0.6 is 0 Å². The summed E-state index contributed by atoms with van der Waals surface area (Å²) in [6.45, 7) is 0. The number of nitrogens with two attached hydrogens (primary N) is 2. The summed E-state index contributed by atoms with van der Waals surface area (Å²) in [6, 6.07) is 13.8.